The third-order valence-electron chi connectivity index (χ3n) is 3.31. The van der Waals surface area contributed by atoms with Gasteiger partial charge in [0.25, 0.3) is 0 Å². The molecule has 0 aliphatic carbocycles. The van der Waals surface area contributed by atoms with Gasteiger partial charge in [-0.2, -0.15) is 5.10 Å². The molecular formula is C15H13ClFN3. The van der Waals surface area contributed by atoms with Gasteiger partial charge in [-0.05, 0) is 36.2 Å². The molecule has 2 heterocycles. The summed E-state index contributed by atoms with van der Waals surface area (Å²) >= 11 is 5.75. The van der Waals surface area contributed by atoms with Crippen molar-refractivity contribution in [1.29, 1.82) is 0 Å². The van der Waals surface area contributed by atoms with Crippen LogP contribution >= 0.6 is 11.6 Å². The molecule has 0 amide bonds. The first-order valence-corrected chi connectivity index (χ1v) is 6.65. The van der Waals surface area contributed by atoms with Gasteiger partial charge in [0.2, 0.25) is 0 Å². The monoisotopic (exact) mass is 289 g/mol. The maximum absolute atomic E-state index is 13.8. The number of hydrogen-bond donors (Lipinski definition) is 1. The Morgan fingerprint density at radius 2 is 2.15 bits per heavy atom. The number of halogens is 2. The highest BCUT2D eigenvalue weighted by Gasteiger charge is 2.14. The Morgan fingerprint density at radius 1 is 1.30 bits per heavy atom. The van der Waals surface area contributed by atoms with Crippen LogP contribution < -0.4 is 5.73 Å². The zero-order chi connectivity index (χ0) is 14.1. The van der Waals surface area contributed by atoms with Crippen molar-refractivity contribution in [1.82, 2.24) is 9.61 Å². The highest BCUT2D eigenvalue weighted by Crippen LogP contribution is 2.23. The second-order valence-corrected chi connectivity index (χ2v) is 5.11. The second-order valence-electron chi connectivity index (χ2n) is 4.68. The van der Waals surface area contributed by atoms with E-state index in [1.54, 1.807) is 22.8 Å². The van der Waals surface area contributed by atoms with Gasteiger partial charge in [0.15, 0.2) is 0 Å². The molecule has 0 radical (unpaired) electrons. The average molecular weight is 290 g/mol. The zero-order valence-corrected chi connectivity index (χ0v) is 11.4. The largest absolute Gasteiger partial charge is 0.324 e. The summed E-state index contributed by atoms with van der Waals surface area (Å²) in [7, 11) is 0. The minimum absolute atomic E-state index is 0.314. The first-order valence-electron chi connectivity index (χ1n) is 6.27. The minimum Gasteiger partial charge on any atom is -0.324 e. The van der Waals surface area contributed by atoms with Gasteiger partial charge >= 0.3 is 0 Å². The second kappa shape index (κ2) is 5.23. The van der Waals surface area contributed by atoms with Crippen LogP contribution in [0.5, 0.6) is 0 Å². The molecule has 3 nitrogen and oxygen atoms in total. The van der Waals surface area contributed by atoms with Crippen LogP contribution in [0.2, 0.25) is 5.02 Å². The van der Waals surface area contributed by atoms with E-state index in [0.29, 0.717) is 17.0 Å². The molecule has 102 valence electrons. The maximum atomic E-state index is 13.8. The quantitative estimate of drug-likeness (QED) is 0.803. The van der Waals surface area contributed by atoms with Crippen molar-refractivity contribution in [2.75, 3.05) is 0 Å². The SMILES string of the molecule is NC(Cc1ccc(Cl)cc1F)c1cnn2ccccc12. The first-order chi connectivity index (χ1) is 9.65. The van der Waals surface area contributed by atoms with E-state index in [1.807, 2.05) is 24.4 Å². The molecule has 0 bridgehead atoms. The fourth-order valence-electron chi connectivity index (χ4n) is 2.27. The van der Waals surface area contributed by atoms with E-state index < -0.39 is 0 Å². The Hall–Kier alpha value is -1.91. The number of hydrogen-bond acceptors (Lipinski definition) is 2. The first kappa shape index (κ1) is 13.1. The average Bonchev–Trinajstić information content (AvgIpc) is 2.86. The number of pyridine rings is 1. The number of nitrogens with two attached hydrogens (primary N) is 1. The predicted octanol–water partition coefficient (Wildman–Crippen LogP) is 3.37. The lowest BCUT2D eigenvalue weighted by molar-refractivity contribution is 0.594. The van der Waals surface area contributed by atoms with Crippen LogP contribution in [-0.2, 0) is 6.42 Å². The van der Waals surface area contributed by atoms with E-state index in [1.165, 1.54) is 6.07 Å². The molecule has 2 aromatic heterocycles. The molecule has 3 rings (SSSR count). The molecule has 0 saturated heterocycles. The molecule has 0 fully saturated rings. The van der Waals surface area contributed by atoms with Gasteiger partial charge in [0.1, 0.15) is 5.82 Å². The van der Waals surface area contributed by atoms with Gasteiger partial charge in [-0.3, -0.25) is 0 Å². The number of fused-ring (bicyclic) bond motifs is 1. The van der Waals surface area contributed by atoms with E-state index in [9.17, 15) is 4.39 Å². The third kappa shape index (κ3) is 2.40. The lowest BCUT2D eigenvalue weighted by atomic mass is 10.0. The van der Waals surface area contributed by atoms with E-state index >= 15 is 0 Å². The van der Waals surface area contributed by atoms with E-state index in [0.717, 1.165) is 11.1 Å². The van der Waals surface area contributed by atoms with E-state index in [4.69, 9.17) is 17.3 Å². The van der Waals surface area contributed by atoms with Crippen LogP contribution in [0.1, 0.15) is 17.2 Å². The number of aromatic nitrogens is 2. The van der Waals surface area contributed by atoms with Crippen LogP contribution in [0.25, 0.3) is 5.52 Å². The Labute approximate surface area is 120 Å². The van der Waals surface area contributed by atoms with Gasteiger partial charge in [-0.25, -0.2) is 8.91 Å². The molecule has 0 aliphatic rings. The highest BCUT2D eigenvalue weighted by molar-refractivity contribution is 6.30. The Bertz CT molecular complexity index is 754. The molecule has 0 saturated carbocycles. The fraction of sp³-hybridized carbons (Fsp3) is 0.133. The van der Waals surface area contributed by atoms with Crippen LogP contribution in [0.4, 0.5) is 4.39 Å². The van der Waals surface area contributed by atoms with Crippen molar-refractivity contribution in [2.24, 2.45) is 5.73 Å². The van der Waals surface area contributed by atoms with Gasteiger partial charge in [-0.15, -0.1) is 0 Å². The molecule has 0 aliphatic heterocycles. The Balaban J connectivity index is 1.91. The molecule has 2 N–H and O–H groups in total. The molecule has 1 aromatic carbocycles. The molecule has 20 heavy (non-hydrogen) atoms. The molecule has 0 spiro atoms. The molecule has 1 atom stereocenters. The number of benzene rings is 1. The van der Waals surface area contributed by atoms with E-state index in [2.05, 4.69) is 5.10 Å². The fourth-order valence-corrected chi connectivity index (χ4v) is 2.43. The lowest BCUT2D eigenvalue weighted by Crippen LogP contribution is -2.14. The van der Waals surface area contributed by atoms with Crippen molar-refractivity contribution in [3.05, 3.63) is 70.8 Å². The lowest BCUT2D eigenvalue weighted by Gasteiger charge is -2.11. The van der Waals surface area contributed by atoms with E-state index in [-0.39, 0.29) is 11.9 Å². The van der Waals surface area contributed by atoms with Crippen LogP contribution in [0, 0.1) is 5.82 Å². The van der Waals surface area contributed by atoms with Crippen LogP contribution in [-0.4, -0.2) is 9.61 Å². The number of nitrogens with zero attached hydrogens (tertiary/aromatic N) is 2. The smallest absolute Gasteiger partial charge is 0.127 e. The molecule has 1 unspecified atom stereocenters. The summed E-state index contributed by atoms with van der Waals surface area (Å²) in [4.78, 5) is 0. The Morgan fingerprint density at radius 3 is 2.95 bits per heavy atom. The van der Waals surface area contributed by atoms with Crippen molar-refractivity contribution < 1.29 is 4.39 Å². The minimum atomic E-state index is -0.329. The normalized spacial score (nSPS) is 12.8. The molecular weight excluding hydrogens is 277 g/mol. The van der Waals surface area contributed by atoms with Gasteiger partial charge in [0, 0.05) is 22.8 Å². The van der Waals surface area contributed by atoms with Gasteiger partial charge in [-0.1, -0.05) is 23.7 Å². The highest BCUT2D eigenvalue weighted by atomic mass is 35.5. The summed E-state index contributed by atoms with van der Waals surface area (Å²) in [5.74, 6) is -0.329. The predicted molar refractivity (Wildman–Crippen MR) is 77.2 cm³/mol. The standard InChI is InChI=1S/C15H13ClFN3/c16-11-5-4-10(13(17)8-11)7-14(18)12-9-19-20-6-2-1-3-15(12)20/h1-6,8-9,14H,7,18H2. The summed E-state index contributed by atoms with van der Waals surface area (Å²) in [5.41, 5.74) is 8.59. The summed E-state index contributed by atoms with van der Waals surface area (Å²) in [6, 6.07) is 10.1. The van der Waals surface area contributed by atoms with Gasteiger partial charge < -0.3 is 5.73 Å². The van der Waals surface area contributed by atoms with Gasteiger partial charge in [0.05, 0.1) is 11.7 Å². The van der Waals surface area contributed by atoms with Crippen LogP contribution in [0.15, 0.2) is 48.8 Å². The molecule has 5 heteroatoms. The zero-order valence-electron chi connectivity index (χ0n) is 10.6. The van der Waals surface area contributed by atoms with Crippen molar-refractivity contribution in [3.8, 4) is 0 Å². The maximum Gasteiger partial charge on any atom is 0.127 e. The summed E-state index contributed by atoms with van der Waals surface area (Å²) < 4.78 is 15.6. The van der Waals surface area contributed by atoms with Crippen molar-refractivity contribution in [2.45, 2.75) is 12.5 Å². The van der Waals surface area contributed by atoms with Crippen molar-refractivity contribution in [3.63, 3.8) is 0 Å². The summed E-state index contributed by atoms with van der Waals surface area (Å²) in [6.07, 6.45) is 3.99. The molecule has 3 aromatic rings. The third-order valence-corrected chi connectivity index (χ3v) is 3.55. The summed E-state index contributed by atoms with van der Waals surface area (Å²) in [5, 5.41) is 4.62. The Kier molecular flexibility index (Phi) is 3.42. The number of rotatable bonds is 3. The topological polar surface area (TPSA) is 43.3 Å². The summed E-state index contributed by atoms with van der Waals surface area (Å²) in [6.45, 7) is 0. The van der Waals surface area contributed by atoms with Crippen molar-refractivity contribution >= 4 is 17.1 Å². The van der Waals surface area contributed by atoms with Crippen LogP contribution in [0.3, 0.4) is 0 Å².